The predicted octanol–water partition coefficient (Wildman–Crippen LogP) is 3.37. The Balaban J connectivity index is 2.52. The number of rotatable bonds is 5. The van der Waals surface area contributed by atoms with Crippen molar-refractivity contribution in [3.8, 4) is 0 Å². The fourth-order valence-corrected chi connectivity index (χ4v) is 3.18. The maximum atomic E-state index is 12.9. The van der Waals surface area contributed by atoms with Crippen molar-refractivity contribution >= 4 is 16.1 Å². The molecule has 0 atom stereocenters. The van der Waals surface area contributed by atoms with Crippen LogP contribution in [0.4, 0.5) is 13.2 Å². The molecule has 0 aliphatic rings. The summed E-state index contributed by atoms with van der Waals surface area (Å²) in [4.78, 5) is 3.59. The molecular formula is C15H15F3N2O3S. The lowest BCUT2D eigenvalue weighted by molar-refractivity contribution is -0.128. The minimum absolute atomic E-state index is 0.0503. The number of aromatic nitrogens is 2. The summed E-state index contributed by atoms with van der Waals surface area (Å²) in [6.45, 7) is 2.99. The van der Waals surface area contributed by atoms with E-state index in [-0.39, 0.29) is 17.2 Å². The molecule has 0 amide bonds. The Hall–Kier alpha value is -2.29. The maximum absolute atomic E-state index is 12.9. The van der Waals surface area contributed by atoms with Crippen molar-refractivity contribution in [1.29, 1.82) is 0 Å². The van der Waals surface area contributed by atoms with Gasteiger partial charge in [-0.15, -0.1) is 0 Å². The van der Waals surface area contributed by atoms with Crippen molar-refractivity contribution in [2.24, 2.45) is 0 Å². The molecule has 0 saturated carbocycles. The molecule has 0 spiro atoms. The molecule has 0 unspecified atom stereocenters. The van der Waals surface area contributed by atoms with Crippen LogP contribution >= 0.6 is 0 Å². The Kier molecular flexibility index (Phi) is 5.02. The molecule has 1 aromatic heterocycles. The fraction of sp³-hybridized carbons (Fsp3) is 0.267. The van der Waals surface area contributed by atoms with E-state index < -0.39 is 22.0 Å². The number of nitrogens with zero attached hydrogens (tertiary/aromatic N) is 2. The number of hydrogen-bond donors (Lipinski definition) is 0. The van der Waals surface area contributed by atoms with E-state index >= 15 is 0 Å². The molecule has 2 aromatic rings. The van der Waals surface area contributed by atoms with Crippen molar-refractivity contribution in [3.05, 3.63) is 53.8 Å². The van der Waals surface area contributed by atoms with Crippen LogP contribution < -0.4 is 0 Å². The number of ether oxygens (including phenoxy) is 1. The molecule has 1 aromatic carbocycles. The van der Waals surface area contributed by atoms with Crippen LogP contribution in [-0.2, 0) is 14.8 Å². The monoisotopic (exact) mass is 360 g/mol. The van der Waals surface area contributed by atoms with Gasteiger partial charge in [0.05, 0.1) is 23.4 Å². The first kappa shape index (κ1) is 18.1. The van der Waals surface area contributed by atoms with Crippen LogP contribution in [-0.4, -0.2) is 30.2 Å². The molecule has 0 aliphatic carbocycles. The standard InChI is InChI=1S/C15H15F3N2O3S/c1-3-23-14(15(16,17)18)8-12-9-19-10-20(12)24(21,22)13-6-4-11(2)5-7-13/h4-10H,3H2,1-2H3/b14-8-. The van der Waals surface area contributed by atoms with Crippen molar-refractivity contribution in [1.82, 2.24) is 8.96 Å². The molecule has 24 heavy (non-hydrogen) atoms. The molecular weight excluding hydrogens is 345 g/mol. The molecule has 130 valence electrons. The SMILES string of the molecule is CCO/C(=C\c1cncn1S(=O)(=O)c1ccc(C)cc1)C(F)(F)F. The van der Waals surface area contributed by atoms with Crippen molar-refractivity contribution < 1.29 is 26.3 Å². The summed E-state index contributed by atoms with van der Waals surface area (Å²) >= 11 is 0. The highest BCUT2D eigenvalue weighted by atomic mass is 32.2. The Bertz CT molecular complexity index is 838. The van der Waals surface area contributed by atoms with Gasteiger partial charge in [-0.25, -0.2) is 17.4 Å². The van der Waals surface area contributed by atoms with E-state index in [1.807, 2.05) is 0 Å². The Morgan fingerprint density at radius 2 is 1.92 bits per heavy atom. The van der Waals surface area contributed by atoms with Crippen LogP contribution in [0, 0.1) is 6.92 Å². The number of halogens is 3. The van der Waals surface area contributed by atoms with Gasteiger partial charge in [-0.2, -0.15) is 13.2 Å². The van der Waals surface area contributed by atoms with Gasteiger partial charge in [0.2, 0.25) is 5.76 Å². The summed E-state index contributed by atoms with van der Waals surface area (Å²) in [5.74, 6) is -1.29. The minimum Gasteiger partial charge on any atom is -0.489 e. The number of aryl methyl sites for hydroxylation is 1. The maximum Gasteiger partial charge on any atom is 0.448 e. The molecule has 9 heteroatoms. The zero-order chi connectivity index (χ0) is 18.0. The molecule has 1 heterocycles. The van der Waals surface area contributed by atoms with Gasteiger partial charge in [0.15, 0.2) is 0 Å². The third-order valence-electron chi connectivity index (χ3n) is 3.07. The second-order valence-corrected chi connectivity index (χ2v) is 6.69. The topological polar surface area (TPSA) is 61.2 Å². The fourth-order valence-electron chi connectivity index (χ4n) is 1.91. The second kappa shape index (κ2) is 6.68. The number of benzene rings is 1. The zero-order valence-corrected chi connectivity index (χ0v) is 13.7. The van der Waals surface area contributed by atoms with E-state index in [1.54, 1.807) is 19.1 Å². The zero-order valence-electron chi connectivity index (χ0n) is 12.9. The molecule has 0 bridgehead atoms. The van der Waals surface area contributed by atoms with Gasteiger partial charge in [-0.05, 0) is 26.0 Å². The quantitative estimate of drug-likeness (QED) is 0.767. The molecule has 5 nitrogen and oxygen atoms in total. The largest absolute Gasteiger partial charge is 0.489 e. The van der Waals surface area contributed by atoms with Crippen LogP contribution in [0.1, 0.15) is 18.2 Å². The van der Waals surface area contributed by atoms with E-state index in [0.717, 1.165) is 18.1 Å². The summed E-state index contributed by atoms with van der Waals surface area (Å²) in [6, 6.07) is 5.96. The summed E-state index contributed by atoms with van der Waals surface area (Å²) in [6.07, 6.45) is -2.15. The van der Waals surface area contributed by atoms with Gasteiger partial charge in [-0.3, -0.25) is 0 Å². The highest BCUT2D eigenvalue weighted by Gasteiger charge is 2.36. The molecule has 0 saturated heterocycles. The average Bonchev–Trinajstić information content (AvgIpc) is 2.95. The molecule has 0 radical (unpaired) electrons. The van der Waals surface area contributed by atoms with E-state index in [4.69, 9.17) is 0 Å². The molecule has 0 aliphatic heterocycles. The average molecular weight is 360 g/mol. The number of hydrogen-bond acceptors (Lipinski definition) is 4. The first-order valence-corrected chi connectivity index (χ1v) is 8.36. The van der Waals surface area contributed by atoms with Crippen LogP contribution in [0.15, 0.2) is 47.4 Å². The van der Waals surface area contributed by atoms with Crippen LogP contribution in [0.5, 0.6) is 0 Å². The van der Waals surface area contributed by atoms with Gasteiger partial charge >= 0.3 is 6.18 Å². The Morgan fingerprint density at radius 1 is 1.29 bits per heavy atom. The van der Waals surface area contributed by atoms with Crippen molar-refractivity contribution in [2.45, 2.75) is 24.9 Å². The van der Waals surface area contributed by atoms with Crippen LogP contribution in [0.2, 0.25) is 0 Å². The van der Waals surface area contributed by atoms with Crippen molar-refractivity contribution in [2.75, 3.05) is 6.61 Å². The first-order chi connectivity index (χ1) is 11.2. The van der Waals surface area contributed by atoms with Gasteiger partial charge < -0.3 is 4.74 Å². The van der Waals surface area contributed by atoms with E-state index in [1.165, 1.54) is 19.1 Å². The highest BCUT2D eigenvalue weighted by molar-refractivity contribution is 7.90. The van der Waals surface area contributed by atoms with Crippen LogP contribution in [0.25, 0.3) is 6.08 Å². The Labute approximate surface area is 137 Å². The molecule has 2 rings (SSSR count). The van der Waals surface area contributed by atoms with E-state index in [9.17, 15) is 21.6 Å². The van der Waals surface area contributed by atoms with Gasteiger partial charge in [0, 0.05) is 6.08 Å². The molecule has 0 fully saturated rings. The molecule has 0 N–H and O–H groups in total. The summed E-state index contributed by atoms with van der Waals surface area (Å²) in [7, 11) is -4.06. The predicted molar refractivity (Wildman–Crippen MR) is 81.6 cm³/mol. The van der Waals surface area contributed by atoms with Gasteiger partial charge in [0.25, 0.3) is 10.0 Å². The summed E-state index contributed by atoms with van der Waals surface area (Å²) in [5.41, 5.74) is 0.603. The highest BCUT2D eigenvalue weighted by Crippen LogP contribution is 2.29. The normalized spacial score (nSPS) is 13.1. The van der Waals surface area contributed by atoms with Crippen molar-refractivity contribution in [3.63, 3.8) is 0 Å². The lowest BCUT2D eigenvalue weighted by Gasteiger charge is -2.13. The number of alkyl halides is 3. The lowest BCUT2D eigenvalue weighted by Crippen LogP contribution is -2.17. The third kappa shape index (κ3) is 3.78. The number of imidazole rings is 1. The van der Waals surface area contributed by atoms with Crippen LogP contribution in [0.3, 0.4) is 0 Å². The van der Waals surface area contributed by atoms with E-state index in [2.05, 4.69) is 9.72 Å². The second-order valence-electron chi connectivity index (χ2n) is 4.87. The van der Waals surface area contributed by atoms with E-state index in [0.29, 0.717) is 10.0 Å². The lowest BCUT2D eigenvalue weighted by atomic mass is 10.2. The van der Waals surface area contributed by atoms with Gasteiger partial charge in [0.1, 0.15) is 6.33 Å². The smallest absolute Gasteiger partial charge is 0.448 e. The van der Waals surface area contributed by atoms with Gasteiger partial charge in [-0.1, -0.05) is 17.7 Å². The summed E-state index contributed by atoms with van der Waals surface area (Å²) < 4.78 is 69.2. The first-order valence-electron chi connectivity index (χ1n) is 6.92. The summed E-state index contributed by atoms with van der Waals surface area (Å²) in [5, 5.41) is 0. The minimum atomic E-state index is -4.74. The number of allylic oxidation sites excluding steroid dienone is 1. The Morgan fingerprint density at radius 3 is 2.46 bits per heavy atom. The third-order valence-corrected chi connectivity index (χ3v) is 4.76.